The summed E-state index contributed by atoms with van der Waals surface area (Å²) in [4.78, 5) is 16.7. The van der Waals surface area contributed by atoms with Gasteiger partial charge in [-0.25, -0.2) is 4.98 Å². The second-order valence-corrected chi connectivity index (χ2v) is 6.82. The van der Waals surface area contributed by atoms with Gasteiger partial charge in [-0.1, -0.05) is 47.5 Å². The number of rotatable bonds is 5. The zero-order chi connectivity index (χ0) is 16.9. The zero-order valence-electron chi connectivity index (χ0n) is 13.3. The van der Waals surface area contributed by atoms with Crippen molar-refractivity contribution in [2.75, 3.05) is 6.54 Å². The predicted molar refractivity (Wildman–Crippen MR) is 99.8 cm³/mol. The molecule has 0 saturated heterocycles. The van der Waals surface area contributed by atoms with Crippen LogP contribution in [0.4, 0.5) is 0 Å². The number of nitrogens with one attached hydrogen (secondary N) is 1. The quantitative estimate of drug-likeness (QED) is 0.717. The first-order valence-corrected chi connectivity index (χ1v) is 8.93. The molecular weight excluding hydrogens is 340 g/mol. The van der Waals surface area contributed by atoms with Crippen molar-refractivity contribution in [1.29, 1.82) is 0 Å². The molecule has 1 N–H and O–H groups in total. The monoisotopic (exact) mass is 356 g/mol. The summed E-state index contributed by atoms with van der Waals surface area (Å²) < 4.78 is 0. The number of nitrogens with zero attached hydrogens (tertiary/aromatic N) is 1. The topological polar surface area (TPSA) is 42.0 Å². The highest BCUT2D eigenvalue weighted by Gasteiger charge is 2.07. The summed E-state index contributed by atoms with van der Waals surface area (Å²) >= 11 is 7.53. The van der Waals surface area contributed by atoms with E-state index in [2.05, 4.69) is 41.5 Å². The van der Waals surface area contributed by atoms with Crippen LogP contribution < -0.4 is 5.32 Å². The molecular formula is C19H17ClN2OS. The molecule has 3 aromatic rings. The second kappa shape index (κ2) is 7.60. The third-order valence-electron chi connectivity index (χ3n) is 3.60. The van der Waals surface area contributed by atoms with Gasteiger partial charge in [0.15, 0.2) is 0 Å². The van der Waals surface area contributed by atoms with Crippen LogP contribution in [-0.2, 0) is 6.42 Å². The molecule has 2 aromatic carbocycles. The molecule has 0 aliphatic rings. The molecule has 3 rings (SSSR count). The number of amides is 1. The van der Waals surface area contributed by atoms with Crippen LogP contribution in [0.1, 0.15) is 21.6 Å². The Balaban J connectivity index is 1.56. The van der Waals surface area contributed by atoms with Crippen molar-refractivity contribution in [3.05, 3.63) is 75.8 Å². The first-order valence-electron chi connectivity index (χ1n) is 7.67. The van der Waals surface area contributed by atoms with E-state index in [0.717, 1.165) is 16.3 Å². The average molecular weight is 357 g/mol. The number of hydrogen-bond donors (Lipinski definition) is 1. The van der Waals surface area contributed by atoms with Crippen molar-refractivity contribution in [1.82, 2.24) is 10.3 Å². The van der Waals surface area contributed by atoms with Crippen LogP contribution in [0.5, 0.6) is 0 Å². The Kier molecular flexibility index (Phi) is 5.28. The van der Waals surface area contributed by atoms with Crippen LogP contribution >= 0.6 is 22.9 Å². The van der Waals surface area contributed by atoms with Gasteiger partial charge in [-0.2, -0.15) is 0 Å². The Morgan fingerprint density at radius 2 is 2.00 bits per heavy atom. The fourth-order valence-electron chi connectivity index (χ4n) is 2.29. The average Bonchev–Trinajstić information content (AvgIpc) is 3.04. The molecule has 3 nitrogen and oxygen atoms in total. The van der Waals surface area contributed by atoms with Crippen molar-refractivity contribution in [3.8, 4) is 10.6 Å². The fourth-order valence-corrected chi connectivity index (χ4v) is 3.34. The lowest BCUT2D eigenvalue weighted by atomic mass is 10.2. The molecule has 0 bridgehead atoms. The molecule has 122 valence electrons. The Labute approximate surface area is 150 Å². The van der Waals surface area contributed by atoms with E-state index in [0.29, 0.717) is 23.6 Å². The second-order valence-electron chi connectivity index (χ2n) is 5.53. The van der Waals surface area contributed by atoms with E-state index in [-0.39, 0.29) is 5.91 Å². The number of hydrogen-bond acceptors (Lipinski definition) is 3. The van der Waals surface area contributed by atoms with Gasteiger partial charge in [0.1, 0.15) is 5.01 Å². The van der Waals surface area contributed by atoms with Crippen LogP contribution in [0.2, 0.25) is 5.02 Å². The number of carbonyl (C=O) groups excluding carboxylic acids is 1. The van der Waals surface area contributed by atoms with Crippen molar-refractivity contribution in [2.24, 2.45) is 0 Å². The van der Waals surface area contributed by atoms with E-state index in [1.807, 2.05) is 5.38 Å². The van der Waals surface area contributed by atoms with E-state index < -0.39 is 0 Å². The minimum absolute atomic E-state index is 0.119. The lowest BCUT2D eigenvalue weighted by molar-refractivity contribution is 0.0954. The number of aromatic nitrogens is 1. The molecule has 1 aromatic heterocycles. The summed E-state index contributed by atoms with van der Waals surface area (Å²) in [7, 11) is 0. The molecule has 0 fully saturated rings. The molecule has 1 amide bonds. The minimum Gasteiger partial charge on any atom is -0.352 e. The maximum Gasteiger partial charge on any atom is 0.251 e. The number of aryl methyl sites for hydroxylation is 1. The molecule has 0 radical (unpaired) electrons. The first kappa shape index (κ1) is 16.7. The van der Waals surface area contributed by atoms with E-state index in [4.69, 9.17) is 11.6 Å². The van der Waals surface area contributed by atoms with E-state index in [1.54, 1.807) is 35.6 Å². The van der Waals surface area contributed by atoms with Gasteiger partial charge in [-0.15, -0.1) is 11.3 Å². The van der Waals surface area contributed by atoms with E-state index in [9.17, 15) is 4.79 Å². The lowest BCUT2D eigenvalue weighted by Crippen LogP contribution is -2.25. The van der Waals surface area contributed by atoms with Crippen molar-refractivity contribution >= 4 is 28.8 Å². The Bertz CT molecular complexity index is 843. The Morgan fingerprint density at radius 1 is 1.21 bits per heavy atom. The number of thiazole rings is 1. The van der Waals surface area contributed by atoms with Gasteiger partial charge in [0.2, 0.25) is 0 Å². The highest BCUT2D eigenvalue weighted by atomic mass is 35.5. The highest BCUT2D eigenvalue weighted by molar-refractivity contribution is 7.13. The maximum absolute atomic E-state index is 12.1. The van der Waals surface area contributed by atoms with Crippen LogP contribution in [0.3, 0.4) is 0 Å². The van der Waals surface area contributed by atoms with Crippen molar-refractivity contribution < 1.29 is 4.79 Å². The van der Waals surface area contributed by atoms with Crippen LogP contribution in [0.15, 0.2) is 53.9 Å². The smallest absolute Gasteiger partial charge is 0.251 e. The Hall–Kier alpha value is -2.17. The van der Waals surface area contributed by atoms with Crippen LogP contribution in [0.25, 0.3) is 10.6 Å². The van der Waals surface area contributed by atoms with Gasteiger partial charge in [0.25, 0.3) is 5.91 Å². The molecule has 5 heteroatoms. The third kappa shape index (κ3) is 4.22. The van der Waals surface area contributed by atoms with Gasteiger partial charge in [-0.3, -0.25) is 4.79 Å². The molecule has 0 atom stereocenters. The van der Waals surface area contributed by atoms with Gasteiger partial charge in [-0.05, 0) is 25.1 Å². The number of benzene rings is 2. The number of halogens is 1. The summed E-state index contributed by atoms with van der Waals surface area (Å²) in [5.74, 6) is -0.119. The van der Waals surface area contributed by atoms with Gasteiger partial charge >= 0.3 is 0 Å². The largest absolute Gasteiger partial charge is 0.352 e. The van der Waals surface area contributed by atoms with E-state index >= 15 is 0 Å². The maximum atomic E-state index is 12.1. The van der Waals surface area contributed by atoms with Crippen LogP contribution in [0, 0.1) is 6.92 Å². The third-order valence-corrected chi connectivity index (χ3v) is 4.78. The van der Waals surface area contributed by atoms with Gasteiger partial charge in [0.05, 0.1) is 5.69 Å². The van der Waals surface area contributed by atoms with Gasteiger partial charge < -0.3 is 5.32 Å². The van der Waals surface area contributed by atoms with Gasteiger partial charge in [0, 0.05) is 34.5 Å². The molecule has 0 saturated carbocycles. The molecule has 0 unspecified atom stereocenters. The fraction of sp³-hybridized carbons (Fsp3) is 0.158. The summed E-state index contributed by atoms with van der Waals surface area (Å²) in [6.07, 6.45) is 0.703. The molecule has 1 heterocycles. The highest BCUT2D eigenvalue weighted by Crippen LogP contribution is 2.24. The molecule has 0 aliphatic carbocycles. The molecule has 24 heavy (non-hydrogen) atoms. The van der Waals surface area contributed by atoms with E-state index in [1.165, 1.54) is 5.56 Å². The standard InChI is InChI=1S/C19H17ClN2OS/c1-13-5-7-14(8-6-13)19-22-17(12-24-19)9-10-21-18(23)15-3-2-4-16(20)11-15/h2-8,11-12H,9-10H2,1H3,(H,21,23). The molecule has 0 aliphatic heterocycles. The predicted octanol–water partition coefficient (Wildman–Crippen LogP) is 4.74. The summed E-state index contributed by atoms with van der Waals surface area (Å²) in [6.45, 7) is 2.61. The van der Waals surface area contributed by atoms with Crippen molar-refractivity contribution in [2.45, 2.75) is 13.3 Å². The lowest BCUT2D eigenvalue weighted by Gasteiger charge is -2.04. The SMILES string of the molecule is Cc1ccc(-c2nc(CCNC(=O)c3cccc(Cl)c3)cs2)cc1. The molecule has 0 spiro atoms. The minimum atomic E-state index is -0.119. The summed E-state index contributed by atoms with van der Waals surface area (Å²) in [5, 5.41) is 6.51. The zero-order valence-corrected chi connectivity index (χ0v) is 14.8. The summed E-state index contributed by atoms with van der Waals surface area (Å²) in [6, 6.07) is 15.3. The van der Waals surface area contributed by atoms with Crippen molar-refractivity contribution in [3.63, 3.8) is 0 Å². The number of carbonyl (C=O) groups is 1. The normalized spacial score (nSPS) is 10.6. The summed E-state index contributed by atoms with van der Waals surface area (Å²) in [5.41, 5.74) is 3.92. The Morgan fingerprint density at radius 3 is 2.75 bits per heavy atom. The van der Waals surface area contributed by atoms with Crippen LogP contribution in [-0.4, -0.2) is 17.4 Å². The first-order chi connectivity index (χ1) is 11.6.